The van der Waals surface area contributed by atoms with Crippen LogP contribution in [0.1, 0.15) is 31.7 Å². The van der Waals surface area contributed by atoms with Gasteiger partial charge in [-0.3, -0.25) is 0 Å². The third-order valence-corrected chi connectivity index (χ3v) is 3.22. The van der Waals surface area contributed by atoms with Crippen molar-refractivity contribution >= 4 is 11.0 Å². The quantitative estimate of drug-likeness (QED) is 0.859. The molecular weight excluding hydrogens is 210 g/mol. The maximum Gasteiger partial charge on any atom is 0.0955 e. The third-order valence-electron chi connectivity index (χ3n) is 3.22. The van der Waals surface area contributed by atoms with E-state index in [1.165, 1.54) is 23.9 Å². The fraction of sp³-hybridized carbons (Fsp3) is 0.500. The van der Waals surface area contributed by atoms with Crippen LogP contribution in [0.25, 0.3) is 11.0 Å². The Morgan fingerprint density at radius 2 is 2.24 bits per heavy atom. The highest BCUT2D eigenvalue weighted by Crippen LogP contribution is 2.15. The van der Waals surface area contributed by atoms with Gasteiger partial charge in [-0.1, -0.05) is 25.8 Å². The maximum atomic E-state index is 6.12. The van der Waals surface area contributed by atoms with Gasteiger partial charge < -0.3 is 10.3 Å². The molecule has 0 aliphatic heterocycles. The predicted octanol–water partition coefficient (Wildman–Crippen LogP) is 2.63. The van der Waals surface area contributed by atoms with E-state index < -0.39 is 0 Å². The van der Waals surface area contributed by atoms with Crippen molar-refractivity contribution < 1.29 is 0 Å². The van der Waals surface area contributed by atoms with Gasteiger partial charge >= 0.3 is 0 Å². The number of benzene rings is 1. The van der Waals surface area contributed by atoms with Gasteiger partial charge in [0.1, 0.15) is 0 Å². The zero-order chi connectivity index (χ0) is 12.3. The summed E-state index contributed by atoms with van der Waals surface area (Å²) in [5.74, 6) is 0. The van der Waals surface area contributed by atoms with Gasteiger partial charge in [-0.15, -0.1) is 0 Å². The average molecular weight is 231 g/mol. The van der Waals surface area contributed by atoms with Gasteiger partial charge in [0.15, 0.2) is 0 Å². The highest BCUT2D eigenvalue weighted by atomic mass is 15.0. The molecule has 1 unspecified atom stereocenters. The second kappa shape index (κ2) is 5.32. The number of hydrogen-bond donors (Lipinski definition) is 1. The molecule has 1 atom stereocenters. The molecule has 1 aromatic heterocycles. The van der Waals surface area contributed by atoms with Gasteiger partial charge in [-0.25, -0.2) is 4.98 Å². The van der Waals surface area contributed by atoms with Crippen LogP contribution in [0.5, 0.6) is 0 Å². The number of imidazole rings is 1. The molecule has 17 heavy (non-hydrogen) atoms. The largest absolute Gasteiger partial charge is 0.334 e. The number of nitrogens with two attached hydrogens (primary N) is 1. The molecule has 0 saturated heterocycles. The second-order valence-electron chi connectivity index (χ2n) is 4.78. The Morgan fingerprint density at radius 1 is 1.41 bits per heavy atom. The van der Waals surface area contributed by atoms with E-state index in [-0.39, 0.29) is 6.04 Å². The number of hydrogen-bond acceptors (Lipinski definition) is 2. The van der Waals surface area contributed by atoms with E-state index >= 15 is 0 Å². The van der Waals surface area contributed by atoms with Gasteiger partial charge in [-0.2, -0.15) is 0 Å². The smallest absolute Gasteiger partial charge is 0.0955 e. The number of nitrogens with zero attached hydrogens (tertiary/aromatic N) is 2. The Labute approximate surface area is 103 Å². The molecule has 3 nitrogen and oxygen atoms in total. The Hall–Kier alpha value is -1.35. The minimum atomic E-state index is 0.274. The van der Waals surface area contributed by atoms with Gasteiger partial charge in [-0.05, 0) is 30.5 Å². The molecule has 2 aromatic rings. The van der Waals surface area contributed by atoms with Gasteiger partial charge in [0.2, 0.25) is 0 Å². The van der Waals surface area contributed by atoms with Crippen LogP contribution in [0.15, 0.2) is 24.5 Å². The Kier molecular flexibility index (Phi) is 3.79. The molecule has 2 rings (SSSR count). The molecule has 3 heteroatoms. The summed E-state index contributed by atoms with van der Waals surface area (Å²) in [6.07, 6.45) is 6.34. The van der Waals surface area contributed by atoms with E-state index in [2.05, 4.69) is 30.1 Å². The van der Waals surface area contributed by atoms with Gasteiger partial charge in [0.05, 0.1) is 17.4 Å². The van der Waals surface area contributed by atoms with Gasteiger partial charge in [0, 0.05) is 13.1 Å². The lowest BCUT2D eigenvalue weighted by Gasteiger charge is -2.10. The topological polar surface area (TPSA) is 43.8 Å². The van der Waals surface area contributed by atoms with E-state index in [9.17, 15) is 0 Å². The van der Waals surface area contributed by atoms with E-state index in [0.717, 1.165) is 18.4 Å². The van der Waals surface area contributed by atoms with Crippen LogP contribution in [0.3, 0.4) is 0 Å². The summed E-state index contributed by atoms with van der Waals surface area (Å²) in [5.41, 5.74) is 9.65. The molecule has 2 N–H and O–H groups in total. The lowest BCUT2D eigenvalue weighted by Crippen LogP contribution is -2.22. The Balaban J connectivity index is 2.08. The number of aryl methyl sites for hydroxylation is 1. The Morgan fingerprint density at radius 3 is 3.00 bits per heavy atom. The highest BCUT2D eigenvalue weighted by molar-refractivity contribution is 5.75. The van der Waals surface area contributed by atoms with Crippen LogP contribution >= 0.6 is 0 Å². The third kappa shape index (κ3) is 2.86. The molecule has 0 bridgehead atoms. The zero-order valence-corrected chi connectivity index (χ0v) is 10.7. The normalized spacial score (nSPS) is 13.1. The summed E-state index contributed by atoms with van der Waals surface area (Å²) < 4.78 is 2.04. The minimum Gasteiger partial charge on any atom is -0.334 e. The van der Waals surface area contributed by atoms with Gasteiger partial charge in [0.25, 0.3) is 0 Å². The molecule has 1 aromatic carbocycles. The maximum absolute atomic E-state index is 6.12. The van der Waals surface area contributed by atoms with E-state index in [1.54, 1.807) is 0 Å². The van der Waals surface area contributed by atoms with Crippen molar-refractivity contribution in [3.05, 3.63) is 30.1 Å². The summed E-state index contributed by atoms with van der Waals surface area (Å²) in [4.78, 5) is 4.37. The molecule has 92 valence electrons. The van der Waals surface area contributed by atoms with Crippen LogP contribution in [-0.4, -0.2) is 15.6 Å². The molecule has 1 heterocycles. The first-order chi connectivity index (χ1) is 8.20. The van der Waals surface area contributed by atoms with Crippen LogP contribution < -0.4 is 5.73 Å². The van der Waals surface area contributed by atoms with Crippen LogP contribution in [-0.2, 0) is 13.5 Å². The first-order valence-corrected chi connectivity index (χ1v) is 6.36. The number of unbranched alkanes of at least 4 members (excludes halogenated alkanes) is 1. The molecule has 0 saturated carbocycles. The van der Waals surface area contributed by atoms with E-state index in [4.69, 9.17) is 5.73 Å². The summed E-state index contributed by atoms with van der Waals surface area (Å²) in [5, 5.41) is 0. The van der Waals surface area contributed by atoms with Crippen molar-refractivity contribution in [3.8, 4) is 0 Å². The fourth-order valence-electron chi connectivity index (χ4n) is 2.18. The van der Waals surface area contributed by atoms with Crippen molar-refractivity contribution in [2.45, 2.75) is 38.6 Å². The molecule has 0 aliphatic rings. The van der Waals surface area contributed by atoms with Crippen molar-refractivity contribution in [2.75, 3.05) is 0 Å². The second-order valence-corrected chi connectivity index (χ2v) is 4.78. The summed E-state index contributed by atoms with van der Waals surface area (Å²) >= 11 is 0. The number of fused-ring (bicyclic) bond motifs is 1. The van der Waals surface area contributed by atoms with Crippen molar-refractivity contribution in [2.24, 2.45) is 12.8 Å². The minimum absolute atomic E-state index is 0.274. The Bertz CT molecular complexity index is 487. The predicted molar refractivity (Wildman–Crippen MR) is 71.9 cm³/mol. The standard InChI is InChI=1S/C14H21N3/c1-3-4-5-12(15)8-11-6-7-14-13(9-11)16-10-17(14)2/h6-7,9-10,12H,3-5,8,15H2,1-2H3. The SMILES string of the molecule is CCCCC(N)Cc1ccc2c(c1)ncn2C. The zero-order valence-electron chi connectivity index (χ0n) is 10.7. The summed E-state index contributed by atoms with van der Waals surface area (Å²) in [7, 11) is 2.02. The van der Waals surface area contributed by atoms with E-state index in [1.807, 2.05) is 17.9 Å². The number of aromatic nitrogens is 2. The van der Waals surface area contributed by atoms with Crippen LogP contribution in [0, 0.1) is 0 Å². The van der Waals surface area contributed by atoms with Crippen molar-refractivity contribution in [3.63, 3.8) is 0 Å². The monoisotopic (exact) mass is 231 g/mol. The van der Waals surface area contributed by atoms with Crippen molar-refractivity contribution in [1.82, 2.24) is 9.55 Å². The molecular formula is C14H21N3. The first-order valence-electron chi connectivity index (χ1n) is 6.36. The molecule has 0 radical (unpaired) electrons. The summed E-state index contributed by atoms with van der Waals surface area (Å²) in [6.45, 7) is 2.20. The fourth-order valence-corrected chi connectivity index (χ4v) is 2.18. The molecule has 0 spiro atoms. The average Bonchev–Trinajstić information content (AvgIpc) is 2.68. The lowest BCUT2D eigenvalue weighted by atomic mass is 10.0. The highest BCUT2D eigenvalue weighted by Gasteiger charge is 2.06. The number of rotatable bonds is 5. The molecule has 0 amide bonds. The molecule has 0 fully saturated rings. The van der Waals surface area contributed by atoms with Crippen LogP contribution in [0.2, 0.25) is 0 Å². The molecule has 0 aliphatic carbocycles. The summed E-state index contributed by atoms with van der Waals surface area (Å²) in [6, 6.07) is 6.72. The van der Waals surface area contributed by atoms with E-state index in [0.29, 0.717) is 0 Å². The lowest BCUT2D eigenvalue weighted by molar-refractivity contribution is 0.574. The first kappa shape index (κ1) is 12.1. The van der Waals surface area contributed by atoms with Crippen LogP contribution in [0.4, 0.5) is 0 Å². The van der Waals surface area contributed by atoms with Crippen molar-refractivity contribution in [1.29, 1.82) is 0 Å².